The average molecular weight is 357 g/mol. The van der Waals surface area contributed by atoms with Gasteiger partial charge in [0, 0.05) is 26.2 Å². The minimum Gasteiger partial charge on any atom is -0.354 e. The molecule has 1 aliphatic heterocycles. The highest BCUT2D eigenvalue weighted by molar-refractivity contribution is 5.91. The quantitative estimate of drug-likeness (QED) is 0.721. The van der Waals surface area contributed by atoms with Crippen LogP contribution in [0.3, 0.4) is 0 Å². The molecule has 0 aliphatic carbocycles. The molecule has 2 heterocycles. The molecule has 0 unspecified atom stereocenters. The van der Waals surface area contributed by atoms with E-state index in [4.69, 9.17) is 0 Å². The molecule has 0 spiro atoms. The van der Waals surface area contributed by atoms with E-state index in [9.17, 15) is 14.4 Å². The molecule has 2 aromatic rings. The smallest absolute Gasteiger partial charge is 0.346 e. The molecule has 0 fully saturated rings. The van der Waals surface area contributed by atoms with Gasteiger partial charge in [0.1, 0.15) is 6.54 Å². The molecule has 26 heavy (non-hydrogen) atoms. The van der Waals surface area contributed by atoms with Gasteiger partial charge in [0.15, 0.2) is 0 Å². The maximum absolute atomic E-state index is 12.3. The third-order valence-electron chi connectivity index (χ3n) is 4.48. The third-order valence-corrected chi connectivity index (χ3v) is 4.48. The van der Waals surface area contributed by atoms with Crippen LogP contribution in [0.5, 0.6) is 0 Å². The van der Waals surface area contributed by atoms with Crippen molar-refractivity contribution in [3.63, 3.8) is 0 Å². The molecule has 0 bridgehead atoms. The molecule has 3 rings (SSSR count). The lowest BCUT2D eigenvalue weighted by Gasteiger charge is -2.24. The summed E-state index contributed by atoms with van der Waals surface area (Å²) in [6, 6.07) is 10.0. The van der Waals surface area contributed by atoms with Crippen LogP contribution in [0.1, 0.15) is 29.5 Å². The number of carbonyl (C=O) groups is 2. The van der Waals surface area contributed by atoms with E-state index in [1.165, 1.54) is 10.1 Å². The highest BCUT2D eigenvalue weighted by Gasteiger charge is 2.28. The molecule has 8 heteroatoms. The predicted octanol–water partition coefficient (Wildman–Crippen LogP) is 0.270. The molecule has 1 N–H and O–H groups in total. The van der Waals surface area contributed by atoms with E-state index in [0.717, 1.165) is 17.5 Å². The number of benzene rings is 1. The first-order valence-electron chi connectivity index (χ1n) is 8.87. The highest BCUT2D eigenvalue weighted by Crippen LogP contribution is 2.07. The van der Waals surface area contributed by atoms with E-state index < -0.39 is 5.69 Å². The van der Waals surface area contributed by atoms with Gasteiger partial charge < -0.3 is 10.2 Å². The molecule has 1 aromatic heterocycles. The molecule has 8 nitrogen and oxygen atoms in total. The second-order valence-electron chi connectivity index (χ2n) is 6.24. The normalized spacial score (nSPS) is 13.6. The van der Waals surface area contributed by atoms with Crippen molar-refractivity contribution in [2.24, 2.45) is 0 Å². The van der Waals surface area contributed by atoms with Gasteiger partial charge in [0.05, 0.1) is 0 Å². The summed E-state index contributed by atoms with van der Waals surface area (Å²) in [4.78, 5) is 38.3. The van der Waals surface area contributed by atoms with Gasteiger partial charge in [-0.15, -0.1) is 5.10 Å². The fraction of sp³-hybridized carbons (Fsp3) is 0.444. The molecule has 1 aromatic carbocycles. The largest absolute Gasteiger partial charge is 0.354 e. The predicted molar refractivity (Wildman–Crippen MR) is 95.8 cm³/mol. The number of nitrogens with zero attached hydrogens (tertiary/aromatic N) is 4. The summed E-state index contributed by atoms with van der Waals surface area (Å²) in [7, 11) is 0. The number of aryl methyl sites for hydroxylation is 1. The molecular formula is C18H23N5O3. The van der Waals surface area contributed by atoms with E-state index in [0.29, 0.717) is 26.2 Å². The lowest BCUT2D eigenvalue weighted by molar-refractivity contribution is -0.121. The van der Waals surface area contributed by atoms with Crippen LogP contribution in [0.2, 0.25) is 0 Å². The van der Waals surface area contributed by atoms with Gasteiger partial charge in [-0.3, -0.25) is 14.2 Å². The number of nitrogens with one attached hydrogen (secondary N) is 1. The Morgan fingerprint density at radius 1 is 1.19 bits per heavy atom. The molecule has 0 saturated carbocycles. The maximum Gasteiger partial charge on any atom is 0.346 e. The Bertz CT molecular complexity index is 840. The van der Waals surface area contributed by atoms with Gasteiger partial charge in [-0.1, -0.05) is 30.3 Å². The molecule has 0 radical (unpaired) electrons. The van der Waals surface area contributed by atoms with E-state index in [1.54, 1.807) is 4.90 Å². The number of hydrogen-bond acceptors (Lipinski definition) is 4. The van der Waals surface area contributed by atoms with Crippen molar-refractivity contribution in [1.82, 2.24) is 24.6 Å². The fourth-order valence-electron chi connectivity index (χ4n) is 3.03. The number of carbonyl (C=O) groups excluding carboxylic acids is 2. The zero-order chi connectivity index (χ0) is 18.5. The zero-order valence-corrected chi connectivity index (χ0v) is 14.9. The minimum absolute atomic E-state index is 0.111. The van der Waals surface area contributed by atoms with Crippen molar-refractivity contribution in [2.75, 3.05) is 19.6 Å². The monoisotopic (exact) mass is 357 g/mol. The Kier molecular flexibility index (Phi) is 5.50. The van der Waals surface area contributed by atoms with Crippen molar-refractivity contribution >= 4 is 11.8 Å². The SMILES string of the molecule is CCN1CCn2c(nn(CC(=O)NCCCc3ccccc3)c2=O)C1=O. The average Bonchev–Trinajstić information content (AvgIpc) is 2.97. The Morgan fingerprint density at radius 3 is 2.69 bits per heavy atom. The number of rotatable bonds is 7. The van der Waals surface area contributed by atoms with Crippen LogP contribution in [0, 0.1) is 0 Å². The van der Waals surface area contributed by atoms with E-state index in [-0.39, 0.29) is 24.2 Å². The lowest BCUT2D eigenvalue weighted by Crippen LogP contribution is -2.43. The second kappa shape index (κ2) is 7.99. The number of hydrogen-bond donors (Lipinski definition) is 1. The second-order valence-corrected chi connectivity index (χ2v) is 6.24. The van der Waals surface area contributed by atoms with Crippen molar-refractivity contribution in [2.45, 2.75) is 32.9 Å². The van der Waals surface area contributed by atoms with Crippen LogP contribution in [-0.4, -0.2) is 50.7 Å². The summed E-state index contributed by atoms with van der Waals surface area (Å²) < 4.78 is 2.41. The fourth-order valence-corrected chi connectivity index (χ4v) is 3.03. The summed E-state index contributed by atoms with van der Waals surface area (Å²) in [5.41, 5.74) is 0.808. The van der Waals surface area contributed by atoms with Gasteiger partial charge in [-0.25, -0.2) is 9.48 Å². The highest BCUT2D eigenvalue weighted by atomic mass is 16.2. The van der Waals surface area contributed by atoms with Gasteiger partial charge in [0.25, 0.3) is 5.91 Å². The lowest BCUT2D eigenvalue weighted by atomic mass is 10.1. The number of fused-ring (bicyclic) bond motifs is 1. The molecule has 2 amide bonds. The Labute approximate surface area is 151 Å². The van der Waals surface area contributed by atoms with E-state index >= 15 is 0 Å². The van der Waals surface area contributed by atoms with Gasteiger partial charge >= 0.3 is 5.69 Å². The standard InChI is InChI=1S/C18H23N5O3/c1-2-21-11-12-22-16(17(21)25)20-23(18(22)26)13-15(24)19-10-6-9-14-7-4-3-5-8-14/h3-5,7-8H,2,6,9-13H2,1H3,(H,19,24). The van der Waals surface area contributed by atoms with Crippen molar-refractivity contribution in [3.05, 3.63) is 52.2 Å². The van der Waals surface area contributed by atoms with E-state index in [2.05, 4.69) is 10.4 Å². The minimum atomic E-state index is -0.413. The summed E-state index contributed by atoms with van der Waals surface area (Å²) >= 11 is 0. The van der Waals surface area contributed by atoms with Crippen LogP contribution in [0.25, 0.3) is 0 Å². The first-order chi connectivity index (χ1) is 12.6. The summed E-state index contributed by atoms with van der Waals surface area (Å²) in [6.45, 7) is 3.70. The number of aromatic nitrogens is 3. The first kappa shape index (κ1) is 17.9. The van der Waals surface area contributed by atoms with Gasteiger partial charge in [-0.2, -0.15) is 0 Å². The number of amides is 2. The topological polar surface area (TPSA) is 89.2 Å². The summed E-state index contributed by atoms with van der Waals surface area (Å²) in [6.07, 6.45) is 1.69. The Hall–Kier alpha value is -2.90. The third kappa shape index (κ3) is 3.84. The number of likely N-dealkylation sites (N-methyl/N-ethyl adjacent to an activating group) is 1. The maximum atomic E-state index is 12.3. The zero-order valence-electron chi connectivity index (χ0n) is 14.9. The van der Waals surface area contributed by atoms with Gasteiger partial charge in [0.2, 0.25) is 11.7 Å². The molecule has 1 aliphatic rings. The molecule has 138 valence electrons. The van der Waals surface area contributed by atoms with Crippen LogP contribution in [0.15, 0.2) is 35.1 Å². The van der Waals surface area contributed by atoms with Gasteiger partial charge in [-0.05, 0) is 25.3 Å². The van der Waals surface area contributed by atoms with Crippen molar-refractivity contribution in [3.8, 4) is 0 Å². The van der Waals surface area contributed by atoms with E-state index in [1.807, 2.05) is 37.3 Å². The van der Waals surface area contributed by atoms with Crippen LogP contribution in [-0.2, 0) is 24.3 Å². The molecule has 0 saturated heterocycles. The van der Waals surface area contributed by atoms with Crippen LogP contribution < -0.4 is 11.0 Å². The van der Waals surface area contributed by atoms with Crippen molar-refractivity contribution in [1.29, 1.82) is 0 Å². The van der Waals surface area contributed by atoms with Crippen LogP contribution >= 0.6 is 0 Å². The van der Waals surface area contributed by atoms with Crippen LogP contribution in [0.4, 0.5) is 0 Å². The Balaban J connectivity index is 1.53. The summed E-state index contributed by atoms with van der Waals surface area (Å²) in [5.74, 6) is -0.437. The first-order valence-corrected chi connectivity index (χ1v) is 8.87. The molecule has 0 atom stereocenters. The Morgan fingerprint density at radius 2 is 1.96 bits per heavy atom. The molecular weight excluding hydrogens is 334 g/mol. The summed E-state index contributed by atoms with van der Waals surface area (Å²) in [5, 5.41) is 6.86. The van der Waals surface area contributed by atoms with Crippen molar-refractivity contribution < 1.29 is 9.59 Å².